The van der Waals surface area contributed by atoms with Crippen molar-refractivity contribution in [2.75, 3.05) is 0 Å². The molecule has 0 aromatic heterocycles. The minimum atomic E-state index is -1.85. The second-order valence-electron chi connectivity index (χ2n) is 5.15. The van der Waals surface area contributed by atoms with Gasteiger partial charge < -0.3 is 13.8 Å². The summed E-state index contributed by atoms with van der Waals surface area (Å²) in [4.78, 5) is 0. The average Bonchev–Trinajstić information content (AvgIpc) is 3.33. The van der Waals surface area contributed by atoms with Gasteiger partial charge in [-0.05, 0) is 0 Å². The van der Waals surface area contributed by atoms with Crippen LogP contribution in [-0.2, 0) is 18.9 Å². The van der Waals surface area contributed by atoms with Crippen molar-refractivity contribution < 1.29 is 18.9 Å². The average molecular weight is 479 g/mol. The molecule has 0 unspecified atom stereocenters. The van der Waals surface area contributed by atoms with Gasteiger partial charge in [-0.15, -0.1) is 59.3 Å². The van der Waals surface area contributed by atoms with Crippen LogP contribution in [0.3, 0.4) is 0 Å². The van der Waals surface area contributed by atoms with Crippen molar-refractivity contribution in [1.29, 1.82) is 0 Å². The van der Waals surface area contributed by atoms with Gasteiger partial charge in [0.15, 0.2) is 0 Å². The molecule has 0 aliphatic carbocycles. The largest absolute Gasteiger partial charge is 0.168 e. The van der Waals surface area contributed by atoms with Crippen LogP contribution in [-0.4, -0.2) is 4.21 Å². The Morgan fingerprint density at radius 2 is 1.11 bits per heavy atom. The zero-order valence-corrected chi connectivity index (χ0v) is 20.1. The molecule has 3 heteroatoms. The molecule has 0 spiro atoms. The van der Waals surface area contributed by atoms with E-state index in [4.69, 9.17) is 17.0 Å². The van der Waals surface area contributed by atoms with Crippen LogP contribution in [0.1, 0.15) is 20.3 Å². The van der Waals surface area contributed by atoms with E-state index in [9.17, 15) is 0 Å². The molecule has 0 aliphatic heterocycles. The molecule has 0 atom stereocenters. The van der Waals surface area contributed by atoms with Crippen LogP contribution >= 0.6 is 17.0 Å². The van der Waals surface area contributed by atoms with Gasteiger partial charge >= 0.3 is 40.1 Å². The van der Waals surface area contributed by atoms with Crippen LogP contribution in [0.4, 0.5) is 0 Å². The second kappa shape index (κ2) is 17.1. The summed E-state index contributed by atoms with van der Waals surface area (Å²) in [5, 5.41) is 5.32. The van der Waals surface area contributed by atoms with Crippen LogP contribution in [0.5, 0.6) is 0 Å². The van der Waals surface area contributed by atoms with Gasteiger partial charge in [0.1, 0.15) is 0 Å². The van der Waals surface area contributed by atoms with Crippen LogP contribution < -0.4 is 0 Å². The van der Waals surface area contributed by atoms with E-state index in [-0.39, 0.29) is 0 Å². The molecule has 0 saturated carbocycles. The monoisotopic (exact) mass is 476 g/mol. The first-order chi connectivity index (χ1) is 13.1. The normalized spacial score (nSPS) is 8.67. The van der Waals surface area contributed by atoms with Crippen molar-refractivity contribution in [2.45, 2.75) is 20.3 Å². The number of rotatable bonds is 0. The molecular formula is C24H28Cl2Zr-4. The smallest absolute Gasteiger partial charge is 0.0809 e. The number of hydrogen-bond acceptors (Lipinski definition) is 0. The fourth-order valence-electron chi connectivity index (χ4n) is 2.14. The Balaban J connectivity index is 0.000000355. The summed E-state index contributed by atoms with van der Waals surface area (Å²) in [6.07, 6.45) is 1.00. The fraction of sp³-hybridized carbons (Fsp3) is 0.125. The molecular weight excluding hydrogens is 450 g/mol. The Morgan fingerprint density at radius 1 is 0.815 bits per heavy atom. The molecule has 4 rings (SSSR count). The van der Waals surface area contributed by atoms with Crippen LogP contribution in [0, 0.1) is 13.8 Å². The van der Waals surface area contributed by atoms with E-state index in [2.05, 4.69) is 103 Å². The Morgan fingerprint density at radius 3 is 1.41 bits per heavy atom. The molecule has 0 heterocycles. The molecule has 0 radical (unpaired) electrons. The quantitative estimate of drug-likeness (QED) is 0.222. The van der Waals surface area contributed by atoms with Gasteiger partial charge in [0.05, 0.1) is 0 Å². The van der Waals surface area contributed by atoms with Gasteiger partial charge in [-0.3, -0.25) is 0 Å². The Labute approximate surface area is 179 Å². The third kappa shape index (κ3) is 12.1. The predicted octanol–water partition coefficient (Wildman–Crippen LogP) is 8.53. The van der Waals surface area contributed by atoms with E-state index < -0.39 is 18.9 Å². The maximum atomic E-state index is 5.13. The van der Waals surface area contributed by atoms with E-state index in [1.54, 1.807) is 6.92 Å². The SMILES string of the molecule is [CH2-]C.[CH2-]CC.[CH2]=[Zr]([Cl])[Cl].c1ccc2[cH-]ccc2c1.c1ccc2[cH-]ccc2c1. The molecule has 0 aliphatic rings. The van der Waals surface area contributed by atoms with Crippen LogP contribution in [0.2, 0.25) is 0 Å². The molecule has 4 aromatic carbocycles. The topological polar surface area (TPSA) is 0 Å². The number of hydrogen-bond donors (Lipinski definition) is 0. The first kappa shape index (κ1) is 26.0. The molecule has 27 heavy (non-hydrogen) atoms. The van der Waals surface area contributed by atoms with Crippen LogP contribution in [0.15, 0.2) is 84.9 Å². The molecule has 0 bridgehead atoms. The molecule has 0 fully saturated rings. The zero-order chi connectivity index (χ0) is 20.5. The summed E-state index contributed by atoms with van der Waals surface area (Å²) in [6.45, 7) is 10.5. The van der Waals surface area contributed by atoms with Crippen molar-refractivity contribution in [3.63, 3.8) is 0 Å². The maximum absolute atomic E-state index is 5.13. The Hall–Kier alpha value is -1.01. The summed E-state index contributed by atoms with van der Waals surface area (Å²) in [5.74, 6) is 0. The van der Waals surface area contributed by atoms with E-state index in [0.29, 0.717) is 0 Å². The third-order valence-corrected chi connectivity index (χ3v) is 3.10. The van der Waals surface area contributed by atoms with Crippen molar-refractivity contribution in [3.8, 4) is 0 Å². The third-order valence-electron chi connectivity index (χ3n) is 3.10. The summed E-state index contributed by atoms with van der Waals surface area (Å²) in [6, 6.07) is 29.3. The zero-order valence-electron chi connectivity index (χ0n) is 16.2. The Bertz CT molecular complexity index is 728. The first-order valence-electron chi connectivity index (χ1n) is 8.79. The minimum absolute atomic E-state index is 1.00. The van der Waals surface area contributed by atoms with Crippen molar-refractivity contribution in [3.05, 3.63) is 98.8 Å². The number of fused-ring (bicyclic) bond motifs is 2. The number of halogens is 2. The van der Waals surface area contributed by atoms with E-state index in [1.165, 1.54) is 21.5 Å². The van der Waals surface area contributed by atoms with Gasteiger partial charge in [0, 0.05) is 0 Å². The van der Waals surface area contributed by atoms with Gasteiger partial charge in [0.2, 0.25) is 0 Å². The van der Waals surface area contributed by atoms with Crippen molar-refractivity contribution >= 4 is 42.8 Å². The van der Waals surface area contributed by atoms with E-state index in [0.717, 1.165) is 6.42 Å². The Kier molecular flexibility index (Phi) is 16.5. The minimum Gasteiger partial charge on any atom is -0.168 e. The van der Waals surface area contributed by atoms with Crippen molar-refractivity contribution in [1.82, 2.24) is 0 Å². The molecule has 4 aromatic rings. The first-order valence-corrected chi connectivity index (χ1v) is 16.9. The van der Waals surface area contributed by atoms with Gasteiger partial charge in [0.25, 0.3) is 0 Å². The predicted molar refractivity (Wildman–Crippen MR) is 125 cm³/mol. The van der Waals surface area contributed by atoms with Gasteiger partial charge in [-0.25, -0.2) is 0 Å². The van der Waals surface area contributed by atoms with Gasteiger partial charge in [-0.1, -0.05) is 19.1 Å². The summed E-state index contributed by atoms with van der Waals surface area (Å²) in [5.41, 5.74) is 0. The number of benzene rings is 2. The summed E-state index contributed by atoms with van der Waals surface area (Å²) < 4.78 is 3.37. The fourth-order valence-corrected chi connectivity index (χ4v) is 2.14. The molecule has 0 amide bonds. The molecule has 0 N–H and O–H groups in total. The van der Waals surface area contributed by atoms with Crippen LogP contribution in [0.25, 0.3) is 21.5 Å². The standard InChI is InChI=1S/2C9H7.C3H7.C2H5.CH2.2ClH.Zr/c2*1-2-5-9-7-3-6-8(9)4-1;1-3-2;1-2;;;;/h2*1-7H;1,3H2,2H3;1H2,2H3;1H2;2*1H;/q4*-1;;;;+2/p-2. The van der Waals surface area contributed by atoms with Gasteiger partial charge in [-0.2, -0.15) is 48.4 Å². The molecule has 0 nitrogen and oxygen atoms in total. The summed E-state index contributed by atoms with van der Waals surface area (Å²) >= 11 is -1.85. The van der Waals surface area contributed by atoms with E-state index >= 15 is 0 Å². The summed E-state index contributed by atoms with van der Waals surface area (Å²) in [7, 11) is 10.3. The molecule has 0 saturated heterocycles. The van der Waals surface area contributed by atoms with E-state index in [1.807, 2.05) is 6.92 Å². The maximum Gasteiger partial charge on any atom is -0.0809 e. The van der Waals surface area contributed by atoms with Crippen molar-refractivity contribution in [2.24, 2.45) is 0 Å². The molecule has 146 valence electrons. The second-order valence-corrected chi connectivity index (χ2v) is 13.4.